The van der Waals surface area contributed by atoms with E-state index in [0.717, 1.165) is 27.7 Å². The summed E-state index contributed by atoms with van der Waals surface area (Å²) < 4.78 is 63.2. The molecule has 0 aromatic heterocycles. The third-order valence-electron chi connectivity index (χ3n) is 3.54. The van der Waals surface area contributed by atoms with Crippen molar-refractivity contribution in [1.29, 1.82) is 0 Å². The molecule has 11 nitrogen and oxygen atoms in total. The molecule has 1 unspecified atom stereocenters. The highest BCUT2D eigenvalue weighted by Crippen LogP contribution is 2.29. The number of alkyl halides is 3. The van der Waals surface area contributed by atoms with Gasteiger partial charge in [0.2, 0.25) is 6.29 Å². The lowest BCUT2D eigenvalue weighted by Gasteiger charge is -2.44. The van der Waals surface area contributed by atoms with E-state index in [0.29, 0.717) is 0 Å². The van der Waals surface area contributed by atoms with Gasteiger partial charge in [0.1, 0.15) is 18.8 Å². The third kappa shape index (κ3) is 7.50. The molecule has 0 bridgehead atoms. The van der Waals surface area contributed by atoms with E-state index in [4.69, 9.17) is 23.7 Å². The summed E-state index contributed by atoms with van der Waals surface area (Å²) in [6, 6.07) is -1.91. The summed E-state index contributed by atoms with van der Waals surface area (Å²) in [4.78, 5) is 57.0. The first-order valence-corrected chi connectivity index (χ1v) is 8.40. The monoisotopic (exact) mass is 443 g/mol. The lowest BCUT2D eigenvalue weighted by molar-refractivity contribution is -0.272. The van der Waals surface area contributed by atoms with Crippen LogP contribution in [-0.4, -0.2) is 73.2 Å². The molecular formula is C16H20F3NO10. The fraction of sp³-hybridized carbons (Fsp3) is 0.688. The summed E-state index contributed by atoms with van der Waals surface area (Å²) >= 11 is 0. The molecule has 0 aromatic rings. The number of hydrogen-bond acceptors (Lipinski definition) is 10. The topological polar surface area (TPSA) is 144 Å². The summed E-state index contributed by atoms with van der Waals surface area (Å²) in [5.41, 5.74) is 0. The number of hydrogen-bond donors (Lipinski definition) is 1. The van der Waals surface area contributed by atoms with Gasteiger partial charge in [-0.2, -0.15) is 13.2 Å². The van der Waals surface area contributed by atoms with Gasteiger partial charge < -0.3 is 29.0 Å². The Bertz CT molecular complexity index is 695. The fourth-order valence-electron chi connectivity index (χ4n) is 2.55. The minimum Gasteiger partial charge on any atom is -0.463 e. The van der Waals surface area contributed by atoms with Crippen molar-refractivity contribution in [2.45, 2.75) is 64.5 Å². The Hall–Kier alpha value is -2.90. The van der Waals surface area contributed by atoms with Crippen LogP contribution in [0, 0.1) is 0 Å². The molecule has 1 N–H and O–H groups in total. The standard InChI is InChI=1S/C16H20F3NO10/c1-6(21)26-5-10-12(27-7(2)22)13(28-8(3)23)11(14(30-10)29-9(4)24)20-15(25)16(17,18)19/h10-14H,5H2,1-4H3,(H,20,25)/t10-,11-,12+,13+,14?/m0/s1. The smallest absolute Gasteiger partial charge is 0.463 e. The molecule has 0 spiro atoms. The Morgan fingerprint density at radius 1 is 0.833 bits per heavy atom. The van der Waals surface area contributed by atoms with Gasteiger partial charge in [-0.3, -0.25) is 24.0 Å². The number of carbonyl (C=O) groups is 5. The Labute approximate surface area is 168 Å². The predicted molar refractivity (Wildman–Crippen MR) is 86.2 cm³/mol. The quantitative estimate of drug-likeness (QED) is 0.431. The van der Waals surface area contributed by atoms with Gasteiger partial charge in [0.05, 0.1) is 0 Å². The van der Waals surface area contributed by atoms with E-state index in [1.807, 2.05) is 0 Å². The molecule has 1 aliphatic rings. The van der Waals surface area contributed by atoms with Gasteiger partial charge in [-0.25, -0.2) is 0 Å². The third-order valence-corrected chi connectivity index (χ3v) is 3.54. The second-order valence-electron chi connectivity index (χ2n) is 6.10. The number of amides is 1. The highest BCUT2D eigenvalue weighted by Gasteiger charge is 2.54. The molecule has 1 rings (SSSR count). The van der Waals surface area contributed by atoms with Crippen molar-refractivity contribution in [3.63, 3.8) is 0 Å². The molecule has 1 amide bonds. The van der Waals surface area contributed by atoms with Crippen molar-refractivity contribution in [2.24, 2.45) is 0 Å². The number of rotatable bonds is 6. The van der Waals surface area contributed by atoms with Crippen molar-refractivity contribution in [3.05, 3.63) is 0 Å². The number of esters is 4. The first kappa shape index (κ1) is 25.1. The van der Waals surface area contributed by atoms with Crippen molar-refractivity contribution < 1.29 is 60.8 Å². The number of carbonyl (C=O) groups excluding carboxylic acids is 5. The molecule has 0 aromatic carbocycles. The molecule has 170 valence electrons. The molecule has 1 heterocycles. The van der Waals surface area contributed by atoms with E-state index in [-0.39, 0.29) is 0 Å². The van der Waals surface area contributed by atoms with Crippen molar-refractivity contribution in [3.8, 4) is 0 Å². The highest BCUT2D eigenvalue weighted by molar-refractivity contribution is 5.82. The van der Waals surface area contributed by atoms with E-state index in [1.165, 1.54) is 5.32 Å². The fourth-order valence-corrected chi connectivity index (χ4v) is 2.55. The molecule has 0 aliphatic carbocycles. The van der Waals surface area contributed by atoms with E-state index >= 15 is 0 Å². The maximum atomic E-state index is 12.8. The van der Waals surface area contributed by atoms with Crippen LogP contribution in [0.15, 0.2) is 0 Å². The van der Waals surface area contributed by atoms with Crippen molar-refractivity contribution >= 4 is 29.8 Å². The zero-order valence-electron chi connectivity index (χ0n) is 16.3. The predicted octanol–water partition coefficient (Wildman–Crippen LogP) is -0.252. The summed E-state index contributed by atoms with van der Waals surface area (Å²) in [5, 5.41) is 1.52. The molecule has 0 saturated carbocycles. The SMILES string of the molecule is CC(=O)OC[C@@H]1OC(OC(C)=O)[C@@H](NC(=O)C(F)(F)F)[C@@H](OC(C)=O)[C@@H]1OC(C)=O. The molecule has 30 heavy (non-hydrogen) atoms. The summed E-state index contributed by atoms with van der Waals surface area (Å²) in [6.45, 7) is 3.22. The molecular weight excluding hydrogens is 423 g/mol. The van der Waals surface area contributed by atoms with Crippen LogP contribution in [0.25, 0.3) is 0 Å². The van der Waals surface area contributed by atoms with Crippen LogP contribution in [0.1, 0.15) is 27.7 Å². The van der Waals surface area contributed by atoms with E-state index in [1.54, 1.807) is 0 Å². The van der Waals surface area contributed by atoms with Gasteiger partial charge >= 0.3 is 36.0 Å². The minimum absolute atomic E-state index is 0.594. The molecule has 14 heteroatoms. The average Bonchev–Trinajstić information content (AvgIpc) is 2.56. The Morgan fingerprint density at radius 3 is 1.77 bits per heavy atom. The van der Waals surface area contributed by atoms with Gasteiger partial charge in [-0.1, -0.05) is 0 Å². The van der Waals surface area contributed by atoms with Crippen LogP contribution in [0.5, 0.6) is 0 Å². The van der Waals surface area contributed by atoms with Gasteiger partial charge in [-0.15, -0.1) is 0 Å². The Kier molecular flexibility index (Phi) is 8.57. The largest absolute Gasteiger partial charge is 0.471 e. The highest BCUT2D eigenvalue weighted by atomic mass is 19.4. The summed E-state index contributed by atoms with van der Waals surface area (Å²) in [6.07, 6.45) is -12.0. The molecule has 1 aliphatic heterocycles. The lowest BCUT2D eigenvalue weighted by atomic mass is 9.96. The number of halogens is 3. The van der Waals surface area contributed by atoms with Gasteiger partial charge in [0.15, 0.2) is 12.2 Å². The normalized spacial score (nSPS) is 26.2. The van der Waals surface area contributed by atoms with E-state index < -0.39 is 73.2 Å². The number of ether oxygens (including phenoxy) is 5. The molecule has 5 atom stereocenters. The Morgan fingerprint density at radius 2 is 1.33 bits per heavy atom. The van der Waals surface area contributed by atoms with Crippen LogP contribution in [-0.2, 0) is 47.7 Å². The van der Waals surface area contributed by atoms with Crippen molar-refractivity contribution in [2.75, 3.05) is 6.61 Å². The first-order chi connectivity index (χ1) is 13.7. The van der Waals surface area contributed by atoms with Gasteiger partial charge in [-0.05, 0) is 0 Å². The van der Waals surface area contributed by atoms with Crippen molar-refractivity contribution in [1.82, 2.24) is 5.32 Å². The van der Waals surface area contributed by atoms with Gasteiger partial charge in [0.25, 0.3) is 0 Å². The first-order valence-electron chi connectivity index (χ1n) is 8.40. The molecule has 1 fully saturated rings. The van der Waals surface area contributed by atoms with Gasteiger partial charge in [0, 0.05) is 27.7 Å². The average molecular weight is 443 g/mol. The number of nitrogens with one attached hydrogen (secondary N) is 1. The lowest BCUT2D eigenvalue weighted by Crippen LogP contribution is -2.67. The maximum Gasteiger partial charge on any atom is 0.471 e. The molecule has 1 saturated heterocycles. The second-order valence-corrected chi connectivity index (χ2v) is 6.10. The van der Waals surface area contributed by atoms with Crippen LogP contribution in [0.4, 0.5) is 13.2 Å². The zero-order valence-corrected chi connectivity index (χ0v) is 16.3. The Balaban J connectivity index is 3.39. The van der Waals surface area contributed by atoms with Crippen LogP contribution < -0.4 is 5.32 Å². The second kappa shape index (κ2) is 10.2. The van der Waals surface area contributed by atoms with E-state index in [9.17, 15) is 37.1 Å². The maximum absolute atomic E-state index is 12.8. The summed E-state index contributed by atoms with van der Waals surface area (Å²) in [7, 11) is 0. The minimum atomic E-state index is -5.34. The van der Waals surface area contributed by atoms with E-state index in [2.05, 4.69) is 0 Å². The van der Waals surface area contributed by atoms with Crippen LogP contribution in [0.3, 0.4) is 0 Å². The summed E-state index contributed by atoms with van der Waals surface area (Å²) in [5.74, 6) is -6.20. The molecule has 0 radical (unpaired) electrons. The van der Waals surface area contributed by atoms with Crippen LogP contribution in [0.2, 0.25) is 0 Å². The zero-order chi connectivity index (χ0) is 23.2. The van der Waals surface area contributed by atoms with Crippen LogP contribution >= 0.6 is 0 Å².